The van der Waals surface area contributed by atoms with E-state index in [0.717, 1.165) is 5.56 Å². The second-order valence-corrected chi connectivity index (χ2v) is 30.1. The third-order valence-electron chi connectivity index (χ3n) is 9.58. The highest BCUT2D eigenvalue weighted by Gasteiger charge is 2.50. The summed E-state index contributed by atoms with van der Waals surface area (Å²) in [6, 6.07) is 9.68. The van der Waals surface area contributed by atoms with Gasteiger partial charge in [-0.15, -0.1) is 0 Å². The summed E-state index contributed by atoms with van der Waals surface area (Å²) in [7, 11) is -6.46. The van der Waals surface area contributed by atoms with Crippen LogP contribution >= 0.6 is 0 Å². The normalized spacial score (nSPS) is 22.8. The SMILES string of the molecule is CC(C)(C)[Si](C)(C)OC[C@H]1OC([C@@H](O)c2ccccc2)=C[C@@H](O[Si](C)(C)C(C)(C)C)[C@@H]1O[Si](C)(C)C(C)(C)C. The van der Waals surface area contributed by atoms with E-state index < -0.39 is 37.2 Å². The van der Waals surface area contributed by atoms with Gasteiger partial charge in [-0.3, -0.25) is 0 Å². The van der Waals surface area contributed by atoms with Gasteiger partial charge in [0.1, 0.15) is 24.1 Å². The molecule has 0 bridgehead atoms. The summed E-state index contributed by atoms with van der Waals surface area (Å²) in [5.74, 6) is 0.517. The number of benzene rings is 1. The number of hydrogen-bond donors (Lipinski definition) is 1. The van der Waals surface area contributed by atoms with Crippen LogP contribution < -0.4 is 0 Å². The zero-order chi connectivity index (χ0) is 30.2. The Bertz CT molecular complexity index is 969. The smallest absolute Gasteiger partial charge is 0.193 e. The third-order valence-corrected chi connectivity index (χ3v) is 23.0. The molecule has 0 aromatic heterocycles. The minimum absolute atomic E-state index is 0.0199. The monoisotopic (exact) mass is 594 g/mol. The number of aliphatic hydroxyl groups is 1. The Balaban J connectivity index is 2.62. The molecule has 0 radical (unpaired) electrons. The molecular formula is C31H58O5Si3. The van der Waals surface area contributed by atoms with E-state index in [0.29, 0.717) is 12.4 Å². The second-order valence-electron chi connectivity index (χ2n) is 15.8. The minimum Gasteiger partial charge on any atom is -0.487 e. The van der Waals surface area contributed by atoms with Gasteiger partial charge in [-0.25, -0.2) is 0 Å². The summed E-state index contributed by atoms with van der Waals surface area (Å²) in [6.07, 6.45) is 0.00708. The molecule has 5 nitrogen and oxygen atoms in total. The first kappa shape index (κ1) is 34.5. The van der Waals surface area contributed by atoms with Crippen LogP contribution in [0.2, 0.25) is 54.4 Å². The van der Waals surface area contributed by atoms with Gasteiger partial charge >= 0.3 is 0 Å². The molecule has 0 aliphatic carbocycles. The zero-order valence-corrected chi connectivity index (χ0v) is 30.6. The van der Waals surface area contributed by atoms with Gasteiger partial charge in [0.2, 0.25) is 0 Å². The van der Waals surface area contributed by atoms with Crippen LogP contribution in [0.1, 0.15) is 74.0 Å². The standard InChI is InChI=1S/C31H58O5Si3/c1-29(2,3)37(10,11)33-22-26-28(36-39(14,15)31(7,8)9)25(35-38(12,13)30(4,5)6)21-24(34-26)27(32)23-19-17-16-18-20-23/h16-21,25-28,32H,22H2,1-15H3/t25-,26-,27+,28+/m1/s1. The number of ether oxygens (including phenoxy) is 1. The molecule has 4 atom stereocenters. The van der Waals surface area contributed by atoms with Crippen LogP contribution in [0.4, 0.5) is 0 Å². The molecule has 1 aliphatic rings. The first-order valence-corrected chi connectivity index (χ1v) is 23.2. The van der Waals surface area contributed by atoms with E-state index in [1.807, 2.05) is 36.4 Å². The molecule has 1 aromatic rings. The molecule has 1 heterocycles. The van der Waals surface area contributed by atoms with Crippen molar-refractivity contribution in [1.29, 1.82) is 0 Å². The van der Waals surface area contributed by atoms with Crippen molar-refractivity contribution in [3.63, 3.8) is 0 Å². The average molecular weight is 595 g/mol. The third kappa shape index (κ3) is 8.40. The maximum absolute atomic E-state index is 11.4. The van der Waals surface area contributed by atoms with Gasteiger partial charge < -0.3 is 23.1 Å². The van der Waals surface area contributed by atoms with E-state index in [1.165, 1.54) is 0 Å². The Kier molecular flexibility index (Phi) is 10.5. The van der Waals surface area contributed by atoms with Gasteiger partial charge in [-0.05, 0) is 66.0 Å². The van der Waals surface area contributed by atoms with Crippen molar-refractivity contribution < 1.29 is 23.1 Å². The maximum atomic E-state index is 11.4. The molecule has 0 saturated heterocycles. The van der Waals surface area contributed by atoms with E-state index in [1.54, 1.807) is 0 Å². The largest absolute Gasteiger partial charge is 0.487 e. The quantitative estimate of drug-likeness (QED) is 0.290. The Morgan fingerprint density at radius 2 is 1.21 bits per heavy atom. The number of rotatable bonds is 9. The summed E-state index contributed by atoms with van der Waals surface area (Å²) < 4.78 is 27.6. The lowest BCUT2D eigenvalue weighted by Crippen LogP contribution is -2.58. The zero-order valence-electron chi connectivity index (χ0n) is 27.6. The lowest BCUT2D eigenvalue weighted by atomic mass is 10.00. The van der Waals surface area contributed by atoms with Crippen molar-refractivity contribution in [3.05, 3.63) is 47.7 Å². The van der Waals surface area contributed by atoms with Crippen LogP contribution in [0, 0.1) is 0 Å². The van der Waals surface area contributed by atoms with Crippen molar-refractivity contribution in [2.24, 2.45) is 0 Å². The molecule has 8 heteroatoms. The summed E-state index contributed by atoms with van der Waals surface area (Å²) >= 11 is 0. The topological polar surface area (TPSA) is 57.2 Å². The molecule has 1 N–H and O–H groups in total. The fourth-order valence-corrected chi connectivity index (χ4v) is 7.19. The van der Waals surface area contributed by atoms with E-state index in [9.17, 15) is 5.11 Å². The van der Waals surface area contributed by atoms with Crippen LogP contribution in [-0.2, 0) is 18.0 Å². The minimum atomic E-state index is -2.20. The van der Waals surface area contributed by atoms with Gasteiger partial charge in [0.15, 0.2) is 25.0 Å². The van der Waals surface area contributed by atoms with Gasteiger partial charge in [-0.2, -0.15) is 0 Å². The highest BCUT2D eigenvalue weighted by Crippen LogP contribution is 2.44. The van der Waals surface area contributed by atoms with Crippen molar-refractivity contribution in [2.75, 3.05) is 6.61 Å². The van der Waals surface area contributed by atoms with Gasteiger partial charge in [0.05, 0.1) is 12.7 Å². The van der Waals surface area contributed by atoms with Crippen molar-refractivity contribution in [2.45, 2.75) is 141 Å². The Morgan fingerprint density at radius 1 is 0.744 bits per heavy atom. The first-order chi connectivity index (χ1) is 17.4. The highest BCUT2D eigenvalue weighted by molar-refractivity contribution is 6.75. The predicted octanol–water partition coefficient (Wildman–Crippen LogP) is 8.81. The molecule has 0 spiro atoms. The lowest BCUT2D eigenvalue weighted by Gasteiger charge is -2.49. The van der Waals surface area contributed by atoms with Crippen LogP contribution in [0.25, 0.3) is 0 Å². The summed E-state index contributed by atoms with van der Waals surface area (Å²) in [6.45, 7) is 34.3. The molecule has 0 fully saturated rings. The van der Waals surface area contributed by atoms with E-state index in [-0.39, 0.29) is 27.3 Å². The molecule has 0 saturated carbocycles. The average Bonchev–Trinajstić information content (AvgIpc) is 2.76. The second kappa shape index (κ2) is 11.9. The fourth-order valence-electron chi connectivity index (χ4n) is 3.62. The highest BCUT2D eigenvalue weighted by atomic mass is 28.4. The molecule has 0 unspecified atom stereocenters. The van der Waals surface area contributed by atoms with Gasteiger partial charge in [0, 0.05) is 0 Å². The summed E-state index contributed by atoms with van der Waals surface area (Å²) in [4.78, 5) is 0. The number of hydrogen-bond acceptors (Lipinski definition) is 5. The maximum Gasteiger partial charge on any atom is 0.193 e. The van der Waals surface area contributed by atoms with Crippen LogP contribution in [-0.4, -0.2) is 55.0 Å². The Hall–Kier alpha value is -0.749. The lowest BCUT2D eigenvalue weighted by molar-refractivity contribution is -0.0920. The van der Waals surface area contributed by atoms with E-state index in [2.05, 4.69) is 102 Å². The predicted molar refractivity (Wildman–Crippen MR) is 172 cm³/mol. The number of aliphatic hydroxyl groups excluding tert-OH is 1. The Labute approximate surface area is 243 Å². The fraction of sp³-hybridized carbons (Fsp3) is 0.742. The molecule has 1 aromatic carbocycles. The van der Waals surface area contributed by atoms with E-state index in [4.69, 9.17) is 18.0 Å². The molecule has 39 heavy (non-hydrogen) atoms. The van der Waals surface area contributed by atoms with Crippen molar-refractivity contribution in [3.8, 4) is 0 Å². The molecule has 0 amide bonds. The van der Waals surface area contributed by atoms with Crippen LogP contribution in [0.15, 0.2) is 42.2 Å². The van der Waals surface area contributed by atoms with Gasteiger partial charge in [-0.1, -0.05) is 92.6 Å². The molecule has 1 aliphatic heterocycles. The molecule has 2 rings (SSSR count). The van der Waals surface area contributed by atoms with E-state index >= 15 is 0 Å². The Morgan fingerprint density at radius 3 is 1.67 bits per heavy atom. The first-order valence-electron chi connectivity index (χ1n) is 14.5. The molecule has 224 valence electrons. The summed E-state index contributed by atoms with van der Waals surface area (Å²) in [5.41, 5.74) is 0.794. The van der Waals surface area contributed by atoms with Crippen molar-refractivity contribution >= 4 is 25.0 Å². The van der Waals surface area contributed by atoms with Crippen LogP contribution in [0.3, 0.4) is 0 Å². The van der Waals surface area contributed by atoms with Crippen molar-refractivity contribution in [1.82, 2.24) is 0 Å². The molecular weight excluding hydrogens is 537 g/mol. The van der Waals surface area contributed by atoms with Crippen LogP contribution in [0.5, 0.6) is 0 Å². The summed E-state index contributed by atoms with van der Waals surface area (Å²) in [5, 5.41) is 11.5. The van der Waals surface area contributed by atoms with Gasteiger partial charge in [0.25, 0.3) is 0 Å².